The van der Waals surface area contributed by atoms with E-state index in [-0.39, 0.29) is 12.0 Å². The Labute approximate surface area is 152 Å². The Morgan fingerprint density at radius 3 is 2.81 bits per heavy atom. The maximum atomic E-state index is 12.6. The van der Waals surface area contributed by atoms with Crippen LogP contribution in [0.5, 0.6) is 0 Å². The lowest BCUT2D eigenvalue weighted by Gasteiger charge is -2.25. The Morgan fingerprint density at radius 1 is 1.23 bits per heavy atom. The third-order valence-electron chi connectivity index (χ3n) is 4.68. The Morgan fingerprint density at radius 2 is 2.04 bits per heavy atom. The van der Waals surface area contributed by atoms with Gasteiger partial charge in [-0.25, -0.2) is 4.98 Å². The molecule has 26 heavy (non-hydrogen) atoms. The van der Waals surface area contributed by atoms with Crippen molar-refractivity contribution in [1.29, 1.82) is 5.26 Å². The molecule has 134 valence electrons. The highest BCUT2D eigenvalue weighted by molar-refractivity contribution is 6.07. The first-order chi connectivity index (χ1) is 12.7. The molecule has 2 aromatic rings. The molecule has 0 bridgehead atoms. The van der Waals surface area contributed by atoms with Gasteiger partial charge >= 0.3 is 0 Å². The number of hydrogen-bond donors (Lipinski definition) is 3. The van der Waals surface area contributed by atoms with Crippen molar-refractivity contribution >= 4 is 17.4 Å². The van der Waals surface area contributed by atoms with E-state index >= 15 is 0 Å². The second-order valence-corrected chi connectivity index (χ2v) is 6.60. The van der Waals surface area contributed by atoms with E-state index in [0.29, 0.717) is 28.6 Å². The number of aliphatic hydroxyl groups excluding tert-OH is 1. The van der Waals surface area contributed by atoms with Gasteiger partial charge in [-0.2, -0.15) is 5.26 Å². The molecule has 1 aliphatic carbocycles. The van der Waals surface area contributed by atoms with Crippen LogP contribution in [0.25, 0.3) is 0 Å². The first-order valence-corrected chi connectivity index (χ1v) is 8.84. The molecule has 0 unspecified atom stereocenters. The maximum absolute atomic E-state index is 12.6. The molecule has 3 N–H and O–H groups in total. The molecule has 1 fully saturated rings. The van der Waals surface area contributed by atoms with Crippen LogP contribution in [-0.4, -0.2) is 28.6 Å². The predicted octanol–water partition coefficient (Wildman–Crippen LogP) is 3.17. The zero-order chi connectivity index (χ0) is 18.4. The number of nitriles is 1. The average molecular weight is 350 g/mol. The van der Waals surface area contributed by atoms with Crippen LogP contribution < -0.4 is 10.6 Å². The van der Waals surface area contributed by atoms with E-state index in [4.69, 9.17) is 5.26 Å². The molecule has 1 aliphatic rings. The van der Waals surface area contributed by atoms with Crippen molar-refractivity contribution in [3.05, 3.63) is 53.7 Å². The lowest BCUT2D eigenvalue weighted by molar-refractivity contribution is 0.102. The van der Waals surface area contributed by atoms with Crippen molar-refractivity contribution in [2.75, 3.05) is 17.2 Å². The van der Waals surface area contributed by atoms with Crippen LogP contribution >= 0.6 is 0 Å². The summed E-state index contributed by atoms with van der Waals surface area (Å²) in [5.41, 5.74) is 1.53. The van der Waals surface area contributed by atoms with Gasteiger partial charge in [0.05, 0.1) is 23.3 Å². The van der Waals surface area contributed by atoms with Gasteiger partial charge in [0.15, 0.2) is 0 Å². The highest BCUT2D eigenvalue weighted by Crippen LogP contribution is 2.25. The second kappa shape index (κ2) is 8.45. The van der Waals surface area contributed by atoms with E-state index in [0.717, 1.165) is 32.2 Å². The summed E-state index contributed by atoms with van der Waals surface area (Å²) in [5.74, 6) is 0.756. The number of benzene rings is 1. The molecular weight excluding hydrogens is 328 g/mol. The van der Waals surface area contributed by atoms with Crippen molar-refractivity contribution < 1.29 is 9.90 Å². The molecule has 0 atom stereocenters. The molecule has 1 saturated carbocycles. The number of nitrogens with zero attached hydrogens (tertiary/aromatic N) is 2. The van der Waals surface area contributed by atoms with Gasteiger partial charge in [0, 0.05) is 18.4 Å². The van der Waals surface area contributed by atoms with Crippen LogP contribution in [0.4, 0.5) is 11.5 Å². The summed E-state index contributed by atoms with van der Waals surface area (Å²) >= 11 is 0. The van der Waals surface area contributed by atoms with Gasteiger partial charge in [-0.3, -0.25) is 4.79 Å². The lowest BCUT2D eigenvalue weighted by Crippen LogP contribution is -2.24. The number of hydrogen-bond acceptors (Lipinski definition) is 5. The summed E-state index contributed by atoms with van der Waals surface area (Å²) in [6, 6.07) is 12.3. The predicted molar refractivity (Wildman–Crippen MR) is 99.8 cm³/mol. The zero-order valence-corrected chi connectivity index (χ0v) is 14.5. The molecule has 0 spiro atoms. The Kier molecular flexibility index (Phi) is 5.82. The van der Waals surface area contributed by atoms with Gasteiger partial charge in [0.25, 0.3) is 5.91 Å². The standard InChI is InChI=1S/C20H22N4O2/c21-12-15-3-1-4-16(11-15)24-20(26)18-5-2-10-22-19(18)23-13-14-6-8-17(25)9-7-14/h1-5,10-11,14,17,25H,6-9,13H2,(H,22,23)(H,24,26). The van der Waals surface area contributed by atoms with Gasteiger partial charge in [-0.05, 0) is 61.9 Å². The highest BCUT2D eigenvalue weighted by Gasteiger charge is 2.20. The van der Waals surface area contributed by atoms with Gasteiger partial charge in [-0.1, -0.05) is 6.07 Å². The Bertz CT molecular complexity index is 807. The molecule has 3 rings (SSSR count). The molecular formula is C20H22N4O2. The quantitative estimate of drug-likeness (QED) is 0.769. The number of aliphatic hydroxyl groups is 1. The van der Waals surface area contributed by atoms with Crippen molar-refractivity contribution in [1.82, 2.24) is 4.98 Å². The number of anilines is 2. The van der Waals surface area contributed by atoms with Crippen LogP contribution in [-0.2, 0) is 0 Å². The van der Waals surface area contributed by atoms with Gasteiger partial charge in [0.2, 0.25) is 0 Å². The van der Waals surface area contributed by atoms with Gasteiger partial charge in [-0.15, -0.1) is 0 Å². The fourth-order valence-electron chi connectivity index (χ4n) is 3.18. The van der Waals surface area contributed by atoms with Gasteiger partial charge in [0.1, 0.15) is 5.82 Å². The fraction of sp³-hybridized carbons (Fsp3) is 0.350. The van der Waals surface area contributed by atoms with Gasteiger partial charge < -0.3 is 15.7 Å². The summed E-state index contributed by atoms with van der Waals surface area (Å²) < 4.78 is 0. The summed E-state index contributed by atoms with van der Waals surface area (Å²) in [7, 11) is 0. The van der Waals surface area contributed by atoms with Crippen molar-refractivity contribution in [3.63, 3.8) is 0 Å². The molecule has 0 radical (unpaired) electrons. The smallest absolute Gasteiger partial charge is 0.259 e. The van der Waals surface area contributed by atoms with E-state index in [9.17, 15) is 9.90 Å². The SMILES string of the molecule is N#Cc1cccc(NC(=O)c2cccnc2NCC2CCC(O)CC2)c1. The molecule has 1 heterocycles. The maximum Gasteiger partial charge on any atom is 0.259 e. The van der Waals surface area contributed by atoms with E-state index in [1.54, 1.807) is 42.6 Å². The zero-order valence-electron chi connectivity index (χ0n) is 14.5. The first kappa shape index (κ1) is 17.9. The number of carbonyl (C=O) groups excluding carboxylic acids is 1. The molecule has 1 aromatic heterocycles. The number of rotatable bonds is 5. The Hall–Kier alpha value is -2.91. The molecule has 0 saturated heterocycles. The molecule has 1 aromatic carbocycles. The monoisotopic (exact) mass is 350 g/mol. The molecule has 6 heteroatoms. The minimum Gasteiger partial charge on any atom is -0.393 e. The van der Waals surface area contributed by atoms with Crippen LogP contribution in [0, 0.1) is 17.2 Å². The van der Waals surface area contributed by atoms with Crippen molar-refractivity contribution in [3.8, 4) is 6.07 Å². The topological polar surface area (TPSA) is 98.0 Å². The van der Waals surface area contributed by atoms with E-state index in [1.165, 1.54) is 0 Å². The van der Waals surface area contributed by atoms with E-state index in [2.05, 4.69) is 21.7 Å². The molecule has 1 amide bonds. The number of carbonyl (C=O) groups is 1. The number of amides is 1. The van der Waals surface area contributed by atoms with Crippen molar-refractivity contribution in [2.24, 2.45) is 5.92 Å². The summed E-state index contributed by atoms with van der Waals surface area (Å²) in [5, 5.41) is 24.7. The summed E-state index contributed by atoms with van der Waals surface area (Å²) in [6.45, 7) is 0.730. The number of aromatic nitrogens is 1. The largest absolute Gasteiger partial charge is 0.393 e. The van der Waals surface area contributed by atoms with Crippen LogP contribution in [0.1, 0.15) is 41.6 Å². The molecule has 0 aliphatic heterocycles. The van der Waals surface area contributed by atoms with E-state index < -0.39 is 0 Å². The third-order valence-corrected chi connectivity index (χ3v) is 4.68. The normalized spacial score (nSPS) is 19.4. The van der Waals surface area contributed by atoms with Crippen LogP contribution in [0.15, 0.2) is 42.6 Å². The van der Waals surface area contributed by atoms with Crippen LogP contribution in [0.2, 0.25) is 0 Å². The fourth-order valence-corrected chi connectivity index (χ4v) is 3.18. The number of nitrogens with one attached hydrogen (secondary N) is 2. The second-order valence-electron chi connectivity index (χ2n) is 6.60. The minimum absolute atomic E-state index is 0.174. The average Bonchev–Trinajstić information content (AvgIpc) is 2.68. The highest BCUT2D eigenvalue weighted by atomic mass is 16.3. The first-order valence-electron chi connectivity index (χ1n) is 8.84. The molecule has 6 nitrogen and oxygen atoms in total. The Balaban J connectivity index is 1.66. The van der Waals surface area contributed by atoms with E-state index in [1.807, 2.05) is 0 Å². The lowest BCUT2D eigenvalue weighted by atomic mass is 9.87. The van der Waals surface area contributed by atoms with Crippen molar-refractivity contribution in [2.45, 2.75) is 31.8 Å². The number of pyridine rings is 1. The minimum atomic E-state index is -0.269. The summed E-state index contributed by atoms with van der Waals surface area (Å²) in [4.78, 5) is 16.9. The summed E-state index contributed by atoms with van der Waals surface area (Å²) in [6.07, 6.45) is 5.09. The van der Waals surface area contributed by atoms with Crippen LogP contribution in [0.3, 0.4) is 0 Å². The third kappa shape index (κ3) is 4.58.